The number of carboxylic acids is 1. The molecule has 0 saturated heterocycles. The van der Waals surface area contributed by atoms with Crippen molar-refractivity contribution in [2.75, 3.05) is 10.6 Å². The SMILES string of the molecule is CCC(Sc1cccc(NC(=O)C2CC=CCC2C(=O)O)c1)C(=O)Nc1cccc(Cl)c1. The van der Waals surface area contributed by atoms with Gasteiger partial charge in [-0.2, -0.15) is 0 Å². The van der Waals surface area contributed by atoms with Crippen LogP contribution in [-0.2, 0) is 14.4 Å². The first-order valence-corrected chi connectivity index (χ1v) is 11.6. The van der Waals surface area contributed by atoms with E-state index in [1.54, 1.807) is 48.5 Å². The van der Waals surface area contributed by atoms with Crippen LogP contribution in [0.1, 0.15) is 26.2 Å². The van der Waals surface area contributed by atoms with Crippen molar-refractivity contribution in [3.8, 4) is 0 Å². The Hall–Kier alpha value is -2.77. The van der Waals surface area contributed by atoms with E-state index in [1.807, 2.05) is 19.1 Å². The van der Waals surface area contributed by atoms with E-state index in [4.69, 9.17) is 11.6 Å². The molecule has 32 heavy (non-hydrogen) atoms. The van der Waals surface area contributed by atoms with Gasteiger partial charge in [-0.1, -0.05) is 42.8 Å². The lowest BCUT2D eigenvalue weighted by atomic mass is 9.82. The molecule has 1 aliphatic rings. The standard InChI is InChI=1S/C24H25ClN2O4S/c1-2-21(23(29)27-16-8-5-7-15(25)13-16)32-18-10-6-9-17(14-18)26-22(28)19-11-3-4-12-20(19)24(30)31/h3-10,13-14,19-21H,2,11-12H2,1H3,(H,26,28)(H,27,29)(H,30,31). The number of hydrogen-bond acceptors (Lipinski definition) is 4. The fraction of sp³-hybridized carbons (Fsp3) is 0.292. The van der Waals surface area contributed by atoms with Crippen LogP contribution >= 0.6 is 23.4 Å². The molecule has 0 spiro atoms. The fourth-order valence-corrected chi connectivity index (χ4v) is 4.74. The summed E-state index contributed by atoms with van der Waals surface area (Å²) in [6, 6.07) is 14.2. The maximum atomic E-state index is 12.7. The number of nitrogens with one attached hydrogen (secondary N) is 2. The van der Waals surface area contributed by atoms with E-state index in [0.717, 1.165) is 4.90 Å². The van der Waals surface area contributed by atoms with Gasteiger partial charge in [0, 0.05) is 21.3 Å². The van der Waals surface area contributed by atoms with E-state index < -0.39 is 17.8 Å². The minimum Gasteiger partial charge on any atom is -0.481 e. The number of thioether (sulfide) groups is 1. The summed E-state index contributed by atoms with van der Waals surface area (Å²) in [5, 5.41) is 15.3. The summed E-state index contributed by atoms with van der Waals surface area (Å²) in [5.74, 6) is -2.74. The normalized spacial score (nSPS) is 18.6. The molecule has 0 bridgehead atoms. The van der Waals surface area contributed by atoms with Crippen LogP contribution in [0, 0.1) is 11.8 Å². The van der Waals surface area contributed by atoms with Gasteiger partial charge in [0.25, 0.3) is 0 Å². The van der Waals surface area contributed by atoms with Gasteiger partial charge in [-0.3, -0.25) is 14.4 Å². The van der Waals surface area contributed by atoms with Crippen LogP contribution in [0.2, 0.25) is 5.02 Å². The predicted molar refractivity (Wildman–Crippen MR) is 128 cm³/mol. The number of hydrogen-bond donors (Lipinski definition) is 3. The summed E-state index contributed by atoms with van der Waals surface area (Å²) in [4.78, 5) is 37.8. The minimum absolute atomic E-state index is 0.132. The molecule has 2 aromatic rings. The van der Waals surface area contributed by atoms with Crippen molar-refractivity contribution in [1.29, 1.82) is 0 Å². The Morgan fingerprint density at radius 2 is 1.69 bits per heavy atom. The highest BCUT2D eigenvalue weighted by Gasteiger charge is 2.34. The van der Waals surface area contributed by atoms with E-state index in [9.17, 15) is 19.5 Å². The molecule has 2 amide bonds. The lowest BCUT2D eigenvalue weighted by Gasteiger charge is -2.24. The summed E-state index contributed by atoms with van der Waals surface area (Å²) in [7, 11) is 0. The van der Waals surface area contributed by atoms with Crippen LogP contribution in [0.15, 0.2) is 65.6 Å². The van der Waals surface area contributed by atoms with Crippen LogP contribution in [0.4, 0.5) is 11.4 Å². The van der Waals surface area contributed by atoms with Gasteiger partial charge in [0.15, 0.2) is 0 Å². The highest BCUT2D eigenvalue weighted by molar-refractivity contribution is 8.00. The third kappa shape index (κ3) is 6.37. The number of aliphatic carboxylic acids is 1. The van der Waals surface area contributed by atoms with Crippen molar-refractivity contribution in [1.82, 2.24) is 0 Å². The minimum atomic E-state index is -0.963. The Morgan fingerprint density at radius 3 is 2.34 bits per heavy atom. The van der Waals surface area contributed by atoms with E-state index >= 15 is 0 Å². The van der Waals surface area contributed by atoms with E-state index in [0.29, 0.717) is 35.7 Å². The summed E-state index contributed by atoms with van der Waals surface area (Å²) in [6.45, 7) is 1.93. The molecule has 0 radical (unpaired) electrons. The monoisotopic (exact) mass is 472 g/mol. The summed E-state index contributed by atoms with van der Waals surface area (Å²) in [5.41, 5.74) is 1.21. The average molecular weight is 473 g/mol. The molecule has 2 aromatic carbocycles. The van der Waals surface area contributed by atoms with Gasteiger partial charge < -0.3 is 15.7 Å². The second-order valence-corrected chi connectivity index (χ2v) is 9.24. The zero-order chi connectivity index (χ0) is 23.1. The van der Waals surface area contributed by atoms with Crippen molar-refractivity contribution >= 4 is 52.5 Å². The number of halogens is 1. The molecule has 8 heteroatoms. The highest BCUT2D eigenvalue weighted by Crippen LogP contribution is 2.31. The zero-order valence-corrected chi connectivity index (χ0v) is 19.2. The number of amides is 2. The van der Waals surface area contributed by atoms with Crippen molar-refractivity contribution < 1.29 is 19.5 Å². The molecule has 3 atom stereocenters. The smallest absolute Gasteiger partial charge is 0.307 e. The molecule has 3 N–H and O–H groups in total. The van der Waals surface area contributed by atoms with E-state index in [-0.39, 0.29) is 17.1 Å². The van der Waals surface area contributed by atoms with Gasteiger partial charge in [-0.05, 0) is 55.7 Å². The molecule has 3 unspecified atom stereocenters. The molecule has 1 aliphatic carbocycles. The Kier molecular flexibility index (Phi) is 8.36. The summed E-state index contributed by atoms with van der Waals surface area (Å²) in [6.07, 6.45) is 5.02. The van der Waals surface area contributed by atoms with Gasteiger partial charge in [0.1, 0.15) is 0 Å². The van der Waals surface area contributed by atoms with E-state index in [2.05, 4.69) is 10.6 Å². The van der Waals surface area contributed by atoms with Crippen LogP contribution in [0.3, 0.4) is 0 Å². The van der Waals surface area contributed by atoms with Crippen molar-refractivity contribution in [3.63, 3.8) is 0 Å². The quantitative estimate of drug-likeness (QED) is 0.350. The molecule has 0 heterocycles. The molecular weight excluding hydrogens is 448 g/mol. The van der Waals surface area contributed by atoms with Gasteiger partial charge in [-0.25, -0.2) is 0 Å². The van der Waals surface area contributed by atoms with Gasteiger partial charge >= 0.3 is 5.97 Å². The predicted octanol–water partition coefficient (Wildman–Crippen LogP) is 5.45. The fourth-order valence-electron chi connectivity index (χ4n) is 3.53. The van der Waals surface area contributed by atoms with Crippen molar-refractivity contribution in [2.24, 2.45) is 11.8 Å². The van der Waals surface area contributed by atoms with Crippen LogP contribution in [0.5, 0.6) is 0 Å². The first kappa shape index (κ1) is 23.9. The first-order valence-electron chi connectivity index (χ1n) is 10.4. The van der Waals surface area contributed by atoms with Gasteiger partial charge in [0.2, 0.25) is 11.8 Å². The number of allylic oxidation sites excluding steroid dienone is 2. The largest absolute Gasteiger partial charge is 0.481 e. The lowest BCUT2D eigenvalue weighted by molar-refractivity contribution is -0.146. The third-order valence-corrected chi connectivity index (χ3v) is 6.81. The number of carbonyl (C=O) groups excluding carboxylic acids is 2. The number of anilines is 2. The van der Waals surface area contributed by atoms with Crippen LogP contribution in [-0.4, -0.2) is 28.1 Å². The molecule has 6 nitrogen and oxygen atoms in total. The average Bonchev–Trinajstić information content (AvgIpc) is 2.77. The molecule has 3 rings (SSSR count). The molecule has 0 aromatic heterocycles. The molecule has 0 aliphatic heterocycles. The second-order valence-electron chi connectivity index (χ2n) is 7.53. The number of rotatable bonds is 8. The summed E-state index contributed by atoms with van der Waals surface area (Å²) < 4.78 is 0. The topological polar surface area (TPSA) is 95.5 Å². The van der Waals surface area contributed by atoms with Gasteiger partial charge in [-0.15, -0.1) is 11.8 Å². The highest BCUT2D eigenvalue weighted by atomic mass is 35.5. The second kappa shape index (κ2) is 11.2. The summed E-state index contributed by atoms with van der Waals surface area (Å²) >= 11 is 7.39. The molecule has 0 fully saturated rings. The van der Waals surface area contributed by atoms with Crippen molar-refractivity contribution in [3.05, 3.63) is 65.7 Å². The van der Waals surface area contributed by atoms with Crippen LogP contribution < -0.4 is 10.6 Å². The Bertz CT molecular complexity index is 1030. The van der Waals surface area contributed by atoms with Crippen molar-refractivity contribution in [2.45, 2.75) is 36.3 Å². The Morgan fingerprint density at radius 1 is 1.03 bits per heavy atom. The Balaban J connectivity index is 1.65. The maximum Gasteiger partial charge on any atom is 0.307 e. The first-order chi connectivity index (χ1) is 15.4. The third-order valence-electron chi connectivity index (χ3n) is 5.22. The number of carboxylic acid groups (broad SMARTS) is 1. The van der Waals surface area contributed by atoms with E-state index in [1.165, 1.54) is 11.8 Å². The zero-order valence-electron chi connectivity index (χ0n) is 17.6. The Labute approximate surface area is 196 Å². The molecular formula is C24H25ClN2O4S. The lowest BCUT2D eigenvalue weighted by Crippen LogP contribution is -2.34. The number of benzene rings is 2. The maximum absolute atomic E-state index is 12.7. The number of carbonyl (C=O) groups is 3. The van der Waals surface area contributed by atoms with Crippen LogP contribution in [0.25, 0.3) is 0 Å². The molecule has 0 saturated carbocycles. The molecule has 168 valence electrons. The van der Waals surface area contributed by atoms with Gasteiger partial charge in [0.05, 0.1) is 17.1 Å².